The number of unbranched alkanes of at least 4 members (excludes halogenated alkanes) is 9. The summed E-state index contributed by atoms with van der Waals surface area (Å²) in [6.07, 6.45) is 14.0. The van der Waals surface area contributed by atoms with Crippen LogP contribution in [0.3, 0.4) is 0 Å². The minimum atomic E-state index is -0.223. The van der Waals surface area contributed by atoms with Gasteiger partial charge in [-0.2, -0.15) is 0 Å². The summed E-state index contributed by atoms with van der Waals surface area (Å²) >= 11 is 0. The van der Waals surface area contributed by atoms with E-state index in [0.29, 0.717) is 6.42 Å². The van der Waals surface area contributed by atoms with Gasteiger partial charge >= 0.3 is 5.97 Å². The largest absolute Gasteiger partial charge is 0.494 e. The Labute approximate surface area is 201 Å². The summed E-state index contributed by atoms with van der Waals surface area (Å²) in [5.41, 5.74) is 3.32. The van der Waals surface area contributed by atoms with Gasteiger partial charge in [0.1, 0.15) is 11.9 Å². The van der Waals surface area contributed by atoms with Crippen molar-refractivity contribution < 1.29 is 14.3 Å². The van der Waals surface area contributed by atoms with E-state index in [1.54, 1.807) is 0 Å². The molecule has 1 unspecified atom stereocenters. The summed E-state index contributed by atoms with van der Waals surface area (Å²) in [7, 11) is 0. The second-order valence-corrected chi connectivity index (χ2v) is 9.06. The zero-order valence-corrected chi connectivity index (χ0v) is 21.1. The molecule has 0 heterocycles. The number of hydrogen-bond donors (Lipinski definition) is 0. The average Bonchev–Trinajstić information content (AvgIpc) is 2.84. The molecule has 33 heavy (non-hydrogen) atoms. The molecule has 2 aromatic rings. The van der Waals surface area contributed by atoms with Crippen molar-refractivity contribution >= 4 is 5.97 Å². The van der Waals surface area contributed by atoms with E-state index < -0.39 is 0 Å². The van der Waals surface area contributed by atoms with Crippen molar-refractivity contribution in [3.05, 3.63) is 54.1 Å². The first kappa shape index (κ1) is 27.0. The molecule has 2 aromatic carbocycles. The van der Waals surface area contributed by atoms with Crippen LogP contribution >= 0.6 is 0 Å². The van der Waals surface area contributed by atoms with Gasteiger partial charge in [0.15, 0.2) is 0 Å². The van der Waals surface area contributed by atoms with Crippen molar-refractivity contribution in [3.8, 4) is 16.9 Å². The van der Waals surface area contributed by atoms with E-state index in [4.69, 9.17) is 9.47 Å². The van der Waals surface area contributed by atoms with Crippen molar-refractivity contribution in [2.75, 3.05) is 6.61 Å². The number of hydrogen-bond acceptors (Lipinski definition) is 3. The number of carbonyl (C=O) groups is 1. The molecule has 0 aromatic heterocycles. The Bertz CT molecular complexity index is 764. The van der Waals surface area contributed by atoms with E-state index in [0.717, 1.165) is 48.3 Å². The van der Waals surface area contributed by atoms with Gasteiger partial charge in [0.25, 0.3) is 0 Å². The predicted octanol–water partition coefficient (Wildman–Crippen LogP) is 9.06. The van der Waals surface area contributed by atoms with Crippen LogP contribution < -0.4 is 4.74 Å². The fourth-order valence-electron chi connectivity index (χ4n) is 3.99. The molecule has 0 aliphatic rings. The second kappa shape index (κ2) is 16.3. The van der Waals surface area contributed by atoms with Gasteiger partial charge in [-0.1, -0.05) is 108 Å². The summed E-state index contributed by atoms with van der Waals surface area (Å²) < 4.78 is 11.3. The highest BCUT2D eigenvalue weighted by atomic mass is 16.5. The van der Waals surface area contributed by atoms with Crippen LogP contribution in [-0.2, 0) is 9.53 Å². The number of carbonyl (C=O) groups excluding carboxylic acids is 1. The zero-order valence-electron chi connectivity index (χ0n) is 21.1. The topological polar surface area (TPSA) is 35.5 Å². The first-order chi connectivity index (χ1) is 16.1. The van der Waals surface area contributed by atoms with Gasteiger partial charge in [0.05, 0.1) is 6.61 Å². The maximum Gasteiger partial charge on any atom is 0.306 e. The van der Waals surface area contributed by atoms with Crippen LogP contribution in [0.4, 0.5) is 0 Å². The van der Waals surface area contributed by atoms with Gasteiger partial charge < -0.3 is 9.47 Å². The Morgan fingerprint density at radius 2 is 1.21 bits per heavy atom. The van der Waals surface area contributed by atoms with E-state index in [1.807, 2.05) is 19.1 Å². The molecule has 0 amide bonds. The quantitative estimate of drug-likeness (QED) is 0.177. The lowest BCUT2D eigenvalue weighted by atomic mass is 10.0. The molecule has 3 heteroatoms. The third-order valence-corrected chi connectivity index (χ3v) is 6.08. The van der Waals surface area contributed by atoms with Crippen molar-refractivity contribution in [1.29, 1.82) is 0 Å². The van der Waals surface area contributed by atoms with E-state index >= 15 is 0 Å². The summed E-state index contributed by atoms with van der Waals surface area (Å²) in [6.45, 7) is 7.05. The highest BCUT2D eigenvalue weighted by molar-refractivity contribution is 5.69. The minimum Gasteiger partial charge on any atom is -0.494 e. The zero-order chi connectivity index (χ0) is 23.7. The fraction of sp³-hybridized carbons (Fsp3) is 0.567. The lowest BCUT2D eigenvalue weighted by Gasteiger charge is -2.14. The number of esters is 1. The molecule has 0 aliphatic heterocycles. The summed E-state index contributed by atoms with van der Waals surface area (Å²) in [4.78, 5) is 12.2. The van der Waals surface area contributed by atoms with Gasteiger partial charge in [-0.05, 0) is 48.6 Å². The van der Waals surface area contributed by atoms with E-state index in [1.165, 1.54) is 51.4 Å². The normalized spacial score (nSPS) is 11.8. The Hall–Kier alpha value is -2.29. The van der Waals surface area contributed by atoms with E-state index in [2.05, 4.69) is 50.2 Å². The molecule has 0 saturated carbocycles. The molecule has 0 aliphatic carbocycles. The molecule has 0 radical (unpaired) electrons. The highest BCUT2D eigenvalue weighted by Crippen LogP contribution is 2.26. The van der Waals surface area contributed by atoms with Crippen LogP contribution in [0.25, 0.3) is 11.1 Å². The Kier molecular flexibility index (Phi) is 13.4. The van der Waals surface area contributed by atoms with Gasteiger partial charge in [-0.15, -0.1) is 0 Å². The molecule has 2 rings (SSSR count). The summed E-state index contributed by atoms with van der Waals surface area (Å²) in [6, 6.07) is 16.5. The monoisotopic (exact) mass is 452 g/mol. The molecular formula is C30H44O3. The van der Waals surface area contributed by atoms with Crippen LogP contribution in [-0.4, -0.2) is 12.6 Å². The smallest absolute Gasteiger partial charge is 0.306 e. The fourth-order valence-corrected chi connectivity index (χ4v) is 3.99. The standard InChI is InChI=1S/C30H44O3/c1-4-6-7-8-9-10-11-12-13-14-15-30(31)33-25(3)26-16-18-27(19-17-26)28-20-22-29(23-21-28)32-24-5-2/h16-23,25H,4-15,24H2,1-3H3. The molecule has 0 fully saturated rings. The van der Waals surface area contributed by atoms with Crippen LogP contribution in [0.1, 0.15) is 109 Å². The molecule has 0 saturated heterocycles. The summed E-state index contributed by atoms with van der Waals surface area (Å²) in [5.74, 6) is 0.814. The maximum atomic E-state index is 12.2. The Morgan fingerprint density at radius 3 is 1.76 bits per heavy atom. The second-order valence-electron chi connectivity index (χ2n) is 9.06. The van der Waals surface area contributed by atoms with Crippen molar-refractivity contribution in [2.45, 2.75) is 104 Å². The summed E-state index contributed by atoms with van der Waals surface area (Å²) in [5, 5.41) is 0. The van der Waals surface area contributed by atoms with Gasteiger partial charge in [-0.25, -0.2) is 0 Å². The van der Waals surface area contributed by atoms with Gasteiger partial charge in [0.2, 0.25) is 0 Å². The average molecular weight is 453 g/mol. The van der Waals surface area contributed by atoms with Crippen LogP contribution in [0, 0.1) is 0 Å². The van der Waals surface area contributed by atoms with Gasteiger partial charge in [-0.3, -0.25) is 4.79 Å². The molecule has 0 N–H and O–H groups in total. The molecule has 0 bridgehead atoms. The Morgan fingerprint density at radius 1 is 0.697 bits per heavy atom. The van der Waals surface area contributed by atoms with Crippen LogP contribution in [0.5, 0.6) is 5.75 Å². The number of benzene rings is 2. The third kappa shape index (κ3) is 10.9. The molecule has 3 nitrogen and oxygen atoms in total. The van der Waals surface area contributed by atoms with Crippen molar-refractivity contribution in [1.82, 2.24) is 0 Å². The Balaban J connectivity index is 1.65. The molecule has 1 atom stereocenters. The number of rotatable bonds is 17. The highest BCUT2D eigenvalue weighted by Gasteiger charge is 2.12. The SMILES string of the molecule is CCCCCCCCCCCCC(=O)OC(C)c1ccc(-c2ccc(OCCC)cc2)cc1. The lowest BCUT2D eigenvalue weighted by molar-refractivity contribution is -0.148. The lowest BCUT2D eigenvalue weighted by Crippen LogP contribution is -2.08. The molecule has 0 spiro atoms. The van der Waals surface area contributed by atoms with Crippen LogP contribution in [0.15, 0.2) is 48.5 Å². The molecular weight excluding hydrogens is 408 g/mol. The minimum absolute atomic E-state index is 0.0891. The molecule has 182 valence electrons. The van der Waals surface area contributed by atoms with Gasteiger partial charge in [0, 0.05) is 6.42 Å². The maximum absolute atomic E-state index is 12.2. The first-order valence-corrected chi connectivity index (χ1v) is 13.2. The van der Waals surface area contributed by atoms with Crippen molar-refractivity contribution in [2.24, 2.45) is 0 Å². The predicted molar refractivity (Wildman–Crippen MR) is 139 cm³/mol. The number of ether oxygens (including phenoxy) is 2. The third-order valence-electron chi connectivity index (χ3n) is 6.08. The van der Waals surface area contributed by atoms with Crippen molar-refractivity contribution in [3.63, 3.8) is 0 Å². The van der Waals surface area contributed by atoms with E-state index in [9.17, 15) is 4.79 Å². The van der Waals surface area contributed by atoms with Crippen LogP contribution in [0.2, 0.25) is 0 Å². The first-order valence-electron chi connectivity index (χ1n) is 13.2. The van der Waals surface area contributed by atoms with E-state index in [-0.39, 0.29) is 12.1 Å².